The lowest BCUT2D eigenvalue weighted by Gasteiger charge is -2.35. The van der Waals surface area contributed by atoms with Crippen LogP contribution in [0.3, 0.4) is 0 Å². The molecule has 2 fully saturated rings. The van der Waals surface area contributed by atoms with Crippen LogP contribution in [0.5, 0.6) is 0 Å². The van der Waals surface area contributed by atoms with Crippen molar-refractivity contribution in [1.29, 1.82) is 0 Å². The van der Waals surface area contributed by atoms with E-state index in [-0.39, 0.29) is 11.9 Å². The minimum absolute atomic E-state index is 0.148. The Hall–Kier alpha value is -2.17. The molecule has 0 spiro atoms. The van der Waals surface area contributed by atoms with Crippen molar-refractivity contribution in [2.75, 3.05) is 51.0 Å². The van der Waals surface area contributed by atoms with Crippen molar-refractivity contribution in [3.63, 3.8) is 0 Å². The van der Waals surface area contributed by atoms with E-state index in [0.29, 0.717) is 44.5 Å². The first-order valence-electron chi connectivity index (χ1n) is 8.57. The number of anilines is 1. The third-order valence-electron chi connectivity index (χ3n) is 4.54. The quantitative estimate of drug-likeness (QED) is 0.772. The Balaban J connectivity index is 1.60. The van der Waals surface area contributed by atoms with E-state index < -0.39 is 0 Å². The van der Waals surface area contributed by atoms with Gasteiger partial charge in [0.2, 0.25) is 0 Å². The van der Waals surface area contributed by atoms with Crippen molar-refractivity contribution in [1.82, 2.24) is 24.5 Å². The molecule has 1 unspecified atom stereocenters. The summed E-state index contributed by atoms with van der Waals surface area (Å²) in [4.78, 5) is 26.8. The lowest BCUT2D eigenvalue weighted by molar-refractivity contribution is -0.00555. The number of hydrogen-bond acceptors (Lipinski definition) is 9. The van der Waals surface area contributed by atoms with E-state index in [0.717, 1.165) is 23.8 Å². The normalized spacial score (nSPS) is 21.0. The fourth-order valence-corrected chi connectivity index (χ4v) is 3.58. The highest BCUT2D eigenvalue weighted by atomic mass is 32.1. The summed E-state index contributed by atoms with van der Waals surface area (Å²) in [5.41, 5.74) is 0.395. The number of rotatable bonds is 3. The van der Waals surface area contributed by atoms with Crippen LogP contribution in [0.15, 0.2) is 12.3 Å². The highest BCUT2D eigenvalue weighted by molar-refractivity contribution is 7.05. The molecule has 2 aromatic rings. The highest BCUT2D eigenvalue weighted by Gasteiger charge is 2.33. The second-order valence-corrected chi connectivity index (χ2v) is 7.10. The molecular weight excluding hydrogens is 356 g/mol. The van der Waals surface area contributed by atoms with Gasteiger partial charge >= 0.3 is 0 Å². The van der Waals surface area contributed by atoms with Gasteiger partial charge in [0.1, 0.15) is 11.9 Å². The van der Waals surface area contributed by atoms with E-state index in [9.17, 15) is 4.79 Å². The first-order valence-corrected chi connectivity index (χ1v) is 9.34. The molecule has 26 heavy (non-hydrogen) atoms. The van der Waals surface area contributed by atoms with Crippen LogP contribution >= 0.6 is 11.5 Å². The lowest BCUT2D eigenvalue weighted by Crippen LogP contribution is -2.44. The molecule has 1 atom stereocenters. The van der Waals surface area contributed by atoms with Gasteiger partial charge in [0, 0.05) is 25.8 Å². The zero-order valence-corrected chi connectivity index (χ0v) is 15.3. The van der Waals surface area contributed by atoms with E-state index >= 15 is 0 Å². The number of carbonyl (C=O) groups is 1. The van der Waals surface area contributed by atoms with Crippen LogP contribution in [-0.2, 0) is 9.47 Å². The third kappa shape index (κ3) is 3.39. The summed E-state index contributed by atoms with van der Waals surface area (Å²) >= 11 is 1.23. The Morgan fingerprint density at radius 1 is 1.23 bits per heavy atom. The van der Waals surface area contributed by atoms with Gasteiger partial charge in [0.05, 0.1) is 31.3 Å². The monoisotopic (exact) mass is 376 g/mol. The highest BCUT2D eigenvalue weighted by Crippen LogP contribution is 2.26. The van der Waals surface area contributed by atoms with Gasteiger partial charge in [-0.25, -0.2) is 9.97 Å². The SMILES string of the molecule is Cc1snnc1C(=O)N1CCOCC1c1nccc(N2CCOCC2)n1. The molecular formula is C16H20N6O3S. The number of nitrogens with zero attached hydrogens (tertiary/aromatic N) is 6. The van der Waals surface area contributed by atoms with Crippen LogP contribution < -0.4 is 4.90 Å². The maximum atomic E-state index is 12.9. The predicted molar refractivity (Wildman–Crippen MR) is 94.3 cm³/mol. The summed E-state index contributed by atoms with van der Waals surface area (Å²) < 4.78 is 14.9. The van der Waals surface area contributed by atoms with E-state index in [4.69, 9.17) is 14.5 Å². The predicted octanol–water partition coefficient (Wildman–Crippen LogP) is 0.687. The maximum absolute atomic E-state index is 12.9. The Bertz CT molecular complexity index is 779. The van der Waals surface area contributed by atoms with Crippen LogP contribution in [0.25, 0.3) is 0 Å². The molecule has 2 aromatic heterocycles. The molecule has 2 aliphatic rings. The standard InChI is InChI=1S/C16H20N6O3S/c1-11-14(19-20-26-11)16(23)22-6-9-25-10-12(22)15-17-3-2-13(18-15)21-4-7-24-8-5-21/h2-3,12H,4-10H2,1H3. The van der Waals surface area contributed by atoms with Crippen molar-refractivity contribution in [3.8, 4) is 0 Å². The molecule has 4 rings (SSSR count). The van der Waals surface area contributed by atoms with Gasteiger partial charge in [-0.15, -0.1) is 5.10 Å². The molecule has 2 saturated heterocycles. The molecule has 0 aliphatic carbocycles. The topological polar surface area (TPSA) is 93.6 Å². The van der Waals surface area contributed by atoms with E-state index in [2.05, 4.69) is 19.5 Å². The van der Waals surface area contributed by atoms with Crippen molar-refractivity contribution < 1.29 is 14.3 Å². The summed E-state index contributed by atoms with van der Waals surface area (Å²) in [5, 5.41) is 3.98. The van der Waals surface area contributed by atoms with Crippen LogP contribution in [0.2, 0.25) is 0 Å². The average Bonchev–Trinajstić information content (AvgIpc) is 3.14. The molecule has 2 aliphatic heterocycles. The van der Waals surface area contributed by atoms with E-state index in [1.807, 2.05) is 13.0 Å². The first kappa shape index (κ1) is 17.3. The smallest absolute Gasteiger partial charge is 0.276 e. The summed E-state index contributed by atoms with van der Waals surface area (Å²) in [5.74, 6) is 1.29. The number of morpholine rings is 2. The lowest BCUT2D eigenvalue weighted by atomic mass is 10.2. The second kappa shape index (κ2) is 7.60. The fraction of sp³-hybridized carbons (Fsp3) is 0.562. The number of aromatic nitrogens is 4. The molecule has 0 aromatic carbocycles. The zero-order chi connectivity index (χ0) is 17.9. The molecule has 0 N–H and O–H groups in total. The van der Waals surface area contributed by atoms with Crippen LogP contribution in [0.4, 0.5) is 5.82 Å². The molecule has 0 radical (unpaired) electrons. The Labute approximate surface area is 155 Å². The van der Waals surface area contributed by atoms with Crippen molar-refractivity contribution in [2.24, 2.45) is 0 Å². The Kier molecular flexibility index (Phi) is 5.05. The maximum Gasteiger partial charge on any atom is 0.276 e. The molecule has 0 saturated carbocycles. The Morgan fingerprint density at radius 3 is 2.81 bits per heavy atom. The van der Waals surface area contributed by atoms with Gasteiger partial charge < -0.3 is 19.3 Å². The zero-order valence-electron chi connectivity index (χ0n) is 14.5. The number of aryl methyl sites for hydroxylation is 1. The van der Waals surface area contributed by atoms with Gasteiger partial charge in [-0.05, 0) is 24.5 Å². The van der Waals surface area contributed by atoms with Gasteiger partial charge in [-0.1, -0.05) is 4.49 Å². The first-order chi connectivity index (χ1) is 12.7. The second-order valence-electron chi connectivity index (χ2n) is 6.14. The molecule has 4 heterocycles. The summed E-state index contributed by atoms with van der Waals surface area (Å²) in [7, 11) is 0. The molecule has 9 nitrogen and oxygen atoms in total. The van der Waals surface area contributed by atoms with E-state index in [1.165, 1.54) is 11.5 Å². The summed E-state index contributed by atoms with van der Waals surface area (Å²) in [6, 6.07) is 1.55. The van der Waals surface area contributed by atoms with Crippen LogP contribution in [-0.4, -0.2) is 76.4 Å². The molecule has 138 valence electrons. The van der Waals surface area contributed by atoms with E-state index in [1.54, 1.807) is 11.1 Å². The molecule has 0 bridgehead atoms. The Morgan fingerprint density at radius 2 is 2.04 bits per heavy atom. The number of amides is 1. The molecule has 10 heteroatoms. The minimum Gasteiger partial charge on any atom is -0.378 e. The van der Waals surface area contributed by atoms with Crippen LogP contribution in [0.1, 0.15) is 27.2 Å². The average molecular weight is 376 g/mol. The number of carbonyl (C=O) groups excluding carboxylic acids is 1. The number of ether oxygens (including phenoxy) is 2. The summed E-state index contributed by atoms with van der Waals surface area (Å²) in [6.45, 7) is 6.15. The fourth-order valence-electron chi connectivity index (χ4n) is 3.12. The van der Waals surface area contributed by atoms with Gasteiger partial charge in [0.15, 0.2) is 11.5 Å². The largest absolute Gasteiger partial charge is 0.378 e. The van der Waals surface area contributed by atoms with Gasteiger partial charge in [-0.3, -0.25) is 4.79 Å². The van der Waals surface area contributed by atoms with Gasteiger partial charge in [0.25, 0.3) is 5.91 Å². The minimum atomic E-state index is -0.335. The summed E-state index contributed by atoms with van der Waals surface area (Å²) in [6.07, 6.45) is 1.74. The van der Waals surface area contributed by atoms with Crippen LogP contribution in [0, 0.1) is 6.92 Å². The van der Waals surface area contributed by atoms with Gasteiger partial charge in [-0.2, -0.15) is 0 Å². The number of hydrogen-bond donors (Lipinski definition) is 0. The van der Waals surface area contributed by atoms with Crippen molar-refractivity contribution >= 4 is 23.3 Å². The third-order valence-corrected chi connectivity index (χ3v) is 5.17. The van der Waals surface area contributed by atoms with Crippen molar-refractivity contribution in [2.45, 2.75) is 13.0 Å². The van der Waals surface area contributed by atoms with Crippen molar-refractivity contribution in [3.05, 3.63) is 28.7 Å². The molecule has 1 amide bonds.